The number of H-pyrrole nitrogens is 1. The molecular weight excluding hydrogens is 330 g/mol. The number of hydrogen-bond donors (Lipinski definition) is 2. The van der Waals surface area contributed by atoms with E-state index in [9.17, 15) is 9.59 Å². The first kappa shape index (κ1) is 16.5. The van der Waals surface area contributed by atoms with Crippen LogP contribution in [0.15, 0.2) is 30.3 Å². The van der Waals surface area contributed by atoms with E-state index in [1.165, 1.54) is 7.11 Å². The monoisotopic (exact) mass is 347 g/mol. The number of aromatic amines is 1. The van der Waals surface area contributed by atoms with Crippen LogP contribution in [0.25, 0.3) is 0 Å². The third-order valence-corrected chi connectivity index (χ3v) is 4.38. The molecule has 1 aromatic carbocycles. The van der Waals surface area contributed by atoms with E-state index in [0.29, 0.717) is 22.2 Å². The van der Waals surface area contributed by atoms with E-state index < -0.39 is 12.0 Å². The predicted molar refractivity (Wildman–Crippen MR) is 88.9 cm³/mol. The van der Waals surface area contributed by atoms with Gasteiger partial charge >= 0.3 is 5.97 Å². The van der Waals surface area contributed by atoms with Crippen LogP contribution < -0.4 is 5.32 Å². The number of amides is 1. The van der Waals surface area contributed by atoms with Crippen LogP contribution in [0.5, 0.6) is 0 Å². The number of carbonyl (C=O) groups excluding carboxylic acids is 2. The van der Waals surface area contributed by atoms with E-state index in [2.05, 4.69) is 15.5 Å². The highest BCUT2D eigenvalue weighted by Gasteiger charge is 2.27. The van der Waals surface area contributed by atoms with Gasteiger partial charge in [-0.05, 0) is 30.5 Å². The number of esters is 1. The highest BCUT2D eigenvalue weighted by Crippen LogP contribution is 2.39. The van der Waals surface area contributed by atoms with Crippen LogP contribution >= 0.6 is 11.6 Å². The summed E-state index contributed by atoms with van der Waals surface area (Å²) >= 11 is 6.20. The van der Waals surface area contributed by atoms with Crippen molar-refractivity contribution in [1.29, 1.82) is 0 Å². The molecule has 2 aromatic rings. The molecule has 7 heteroatoms. The van der Waals surface area contributed by atoms with Gasteiger partial charge in [-0.15, -0.1) is 0 Å². The Morgan fingerprint density at radius 1 is 1.42 bits per heavy atom. The molecule has 1 amide bonds. The number of carbonyl (C=O) groups is 2. The number of halogens is 1. The number of aromatic nitrogens is 2. The highest BCUT2D eigenvalue weighted by molar-refractivity contribution is 6.31. The van der Waals surface area contributed by atoms with Gasteiger partial charge in [0.05, 0.1) is 19.6 Å². The number of nitrogens with one attached hydrogen (secondary N) is 2. The van der Waals surface area contributed by atoms with Crippen molar-refractivity contribution in [2.75, 3.05) is 7.11 Å². The molecule has 1 aliphatic rings. The van der Waals surface area contributed by atoms with E-state index in [-0.39, 0.29) is 12.3 Å². The predicted octanol–water partition coefficient (Wildman–Crippen LogP) is 2.97. The first-order valence-corrected chi connectivity index (χ1v) is 8.13. The Hall–Kier alpha value is -2.34. The standard InChI is InChI=1S/C17H18ClN3O3/c1-24-16(22)9-14(11-4-2-3-5-12(11)18)19-17(23)15-8-13(20-21-15)10-6-7-10/h2-5,8,10,14H,6-7,9H2,1H3,(H,19,23)(H,20,21)/t14-/m1/s1. The molecule has 0 radical (unpaired) electrons. The molecular formula is C17H18ClN3O3. The first-order chi connectivity index (χ1) is 11.6. The van der Waals surface area contributed by atoms with Crippen molar-refractivity contribution in [3.8, 4) is 0 Å². The summed E-state index contributed by atoms with van der Waals surface area (Å²) in [5.41, 5.74) is 1.94. The fourth-order valence-electron chi connectivity index (χ4n) is 2.54. The molecule has 0 saturated heterocycles. The zero-order valence-corrected chi connectivity index (χ0v) is 14.0. The molecule has 0 bridgehead atoms. The number of nitrogens with zero attached hydrogens (tertiary/aromatic N) is 1. The Morgan fingerprint density at radius 3 is 2.83 bits per heavy atom. The molecule has 24 heavy (non-hydrogen) atoms. The fraction of sp³-hybridized carbons (Fsp3) is 0.353. The SMILES string of the molecule is COC(=O)C[C@@H](NC(=O)c1cc(C2CC2)[nH]n1)c1ccccc1Cl. The van der Waals surface area contributed by atoms with Gasteiger partial charge in [-0.25, -0.2) is 0 Å². The third-order valence-electron chi connectivity index (χ3n) is 4.03. The number of methoxy groups -OCH3 is 1. The third kappa shape index (κ3) is 3.76. The summed E-state index contributed by atoms with van der Waals surface area (Å²) < 4.78 is 4.72. The maximum atomic E-state index is 12.5. The number of hydrogen-bond acceptors (Lipinski definition) is 4. The van der Waals surface area contributed by atoms with Crippen LogP contribution in [0.1, 0.15) is 53.0 Å². The molecule has 1 saturated carbocycles. The van der Waals surface area contributed by atoms with Crippen LogP contribution in [0.3, 0.4) is 0 Å². The minimum Gasteiger partial charge on any atom is -0.469 e. The number of ether oxygens (including phenoxy) is 1. The summed E-state index contributed by atoms with van der Waals surface area (Å²) in [6.07, 6.45) is 2.23. The van der Waals surface area contributed by atoms with E-state index in [1.807, 2.05) is 0 Å². The van der Waals surface area contributed by atoms with Crippen LogP contribution in [0.4, 0.5) is 0 Å². The summed E-state index contributed by atoms with van der Waals surface area (Å²) in [5.74, 6) is -0.304. The average Bonchev–Trinajstić information content (AvgIpc) is 3.31. The maximum Gasteiger partial charge on any atom is 0.307 e. The van der Waals surface area contributed by atoms with Crippen molar-refractivity contribution in [2.45, 2.75) is 31.2 Å². The average molecular weight is 348 g/mol. The van der Waals surface area contributed by atoms with Crippen LogP contribution in [0.2, 0.25) is 5.02 Å². The lowest BCUT2D eigenvalue weighted by Gasteiger charge is -2.18. The van der Waals surface area contributed by atoms with Crippen molar-refractivity contribution >= 4 is 23.5 Å². The quantitative estimate of drug-likeness (QED) is 0.787. The Labute approximate surface area is 144 Å². The summed E-state index contributed by atoms with van der Waals surface area (Å²) in [7, 11) is 1.31. The summed E-state index contributed by atoms with van der Waals surface area (Å²) in [4.78, 5) is 24.2. The molecule has 0 unspecified atom stereocenters. The van der Waals surface area contributed by atoms with Gasteiger partial charge in [-0.1, -0.05) is 29.8 Å². The zero-order valence-electron chi connectivity index (χ0n) is 13.2. The van der Waals surface area contributed by atoms with Gasteiger partial charge in [-0.3, -0.25) is 14.7 Å². The van der Waals surface area contributed by atoms with Gasteiger partial charge in [0.1, 0.15) is 5.69 Å². The van der Waals surface area contributed by atoms with Gasteiger partial charge in [-0.2, -0.15) is 5.10 Å². The molecule has 1 aliphatic carbocycles. The van der Waals surface area contributed by atoms with Crippen LogP contribution in [-0.4, -0.2) is 29.2 Å². The second-order valence-electron chi connectivity index (χ2n) is 5.81. The molecule has 3 rings (SSSR count). The van der Waals surface area contributed by atoms with Crippen molar-refractivity contribution in [1.82, 2.24) is 15.5 Å². The second-order valence-corrected chi connectivity index (χ2v) is 6.22. The van der Waals surface area contributed by atoms with Gasteiger partial charge in [0, 0.05) is 16.6 Å². The van der Waals surface area contributed by atoms with Gasteiger partial charge in [0.15, 0.2) is 0 Å². The van der Waals surface area contributed by atoms with Gasteiger partial charge < -0.3 is 10.1 Å². The normalized spacial score (nSPS) is 14.9. The molecule has 1 heterocycles. The highest BCUT2D eigenvalue weighted by atomic mass is 35.5. The first-order valence-electron chi connectivity index (χ1n) is 7.76. The maximum absolute atomic E-state index is 12.5. The van der Waals surface area contributed by atoms with Crippen molar-refractivity contribution in [3.63, 3.8) is 0 Å². The number of benzene rings is 1. The van der Waals surface area contributed by atoms with Crippen molar-refractivity contribution in [2.24, 2.45) is 0 Å². The Balaban J connectivity index is 1.78. The minimum absolute atomic E-state index is 0.00806. The van der Waals surface area contributed by atoms with Gasteiger partial charge in [0.25, 0.3) is 5.91 Å². The minimum atomic E-state index is -0.584. The lowest BCUT2D eigenvalue weighted by molar-refractivity contribution is -0.141. The van der Waals surface area contributed by atoms with Crippen molar-refractivity contribution in [3.05, 3.63) is 52.3 Å². The van der Waals surface area contributed by atoms with E-state index in [0.717, 1.165) is 18.5 Å². The fourth-order valence-corrected chi connectivity index (χ4v) is 2.80. The van der Waals surface area contributed by atoms with Gasteiger partial charge in [0.2, 0.25) is 0 Å². The summed E-state index contributed by atoms with van der Waals surface area (Å²) in [5, 5.41) is 10.3. The molecule has 0 spiro atoms. The van der Waals surface area contributed by atoms with E-state index in [4.69, 9.17) is 16.3 Å². The molecule has 1 atom stereocenters. The van der Waals surface area contributed by atoms with Crippen molar-refractivity contribution < 1.29 is 14.3 Å². The molecule has 0 aliphatic heterocycles. The Bertz CT molecular complexity index is 755. The smallest absolute Gasteiger partial charge is 0.307 e. The molecule has 126 valence electrons. The number of rotatable bonds is 6. The van der Waals surface area contributed by atoms with E-state index >= 15 is 0 Å². The molecule has 6 nitrogen and oxygen atoms in total. The largest absolute Gasteiger partial charge is 0.469 e. The van der Waals surface area contributed by atoms with E-state index in [1.54, 1.807) is 30.3 Å². The van der Waals surface area contributed by atoms with Crippen LogP contribution in [0, 0.1) is 0 Å². The second kappa shape index (κ2) is 7.05. The molecule has 1 fully saturated rings. The van der Waals surface area contributed by atoms with Crippen LogP contribution in [-0.2, 0) is 9.53 Å². The molecule has 1 aromatic heterocycles. The topological polar surface area (TPSA) is 84.1 Å². The molecule has 2 N–H and O–H groups in total. The summed E-state index contributed by atoms with van der Waals surface area (Å²) in [6, 6.07) is 8.26. The summed E-state index contributed by atoms with van der Waals surface area (Å²) in [6.45, 7) is 0. The lowest BCUT2D eigenvalue weighted by Crippen LogP contribution is -2.31. The lowest BCUT2D eigenvalue weighted by atomic mass is 10.0. The zero-order chi connectivity index (χ0) is 17.1. The Kier molecular flexibility index (Phi) is 4.85. The Morgan fingerprint density at radius 2 is 2.17 bits per heavy atom.